The van der Waals surface area contributed by atoms with Gasteiger partial charge in [0.15, 0.2) is 0 Å². The molecule has 0 bridgehead atoms. The normalized spacial score (nSPS) is 27.5. The smallest absolute Gasteiger partial charge is 0.308 e. The van der Waals surface area contributed by atoms with Crippen molar-refractivity contribution in [2.75, 3.05) is 6.61 Å². The van der Waals surface area contributed by atoms with Crippen molar-refractivity contribution in [3.05, 3.63) is 29.8 Å². The monoisotopic (exact) mass is 289 g/mol. The zero-order valence-electron chi connectivity index (χ0n) is 11.7. The molecule has 1 aromatic carbocycles. The molecular weight excluding hydrogens is 270 g/mol. The van der Waals surface area contributed by atoms with Crippen LogP contribution >= 0.6 is 0 Å². The zero-order chi connectivity index (χ0) is 14.8. The Morgan fingerprint density at radius 2 is 2.05 bits per heavy atom. The van der Waals surface area contributed by atoms with Crippen molar-refractivity contribution in [3.63, 3.8) is 0 Å². The average molecular weight is 289 g/mol. The van der Waals surface area contributed by atoms with Crippen molar-refractivity contribution in [1.82, 2.24) is 5.32 Å². The van der Waals surface area contributed by atoms with Gasteiger partial charge in [0.25, 0.3) is 0 Å². The third-order valence-corrected chi connectivity index (χ3v) is 4.41. The number of hydrogen-bond acceptors (Lipinski definition) is 3. The van der Waals surface area contributed by atoms with Crippen molar-refractivity contribution < 1.29 is 19.4 Å². The highest BCUT2D eigenvalue weighted by atomic mass is 16.5. The Labute approximate surface area is 123 Å². The quantitative estimate of drug-likeness (QED) is 0.886. The molecule has 0 aromatic heterocycles. The predicted molar refractivity (Wildman–Crippen MR) is 76.0 cm³/mol. The van der Waals surface area contributed by atoms with Gasteiger partial charge in [-0.25, -0.2) is 0 Å². The highest BCUT2D eigenvalue weighted by Gasteiger charge is 2.36. The lowest BCUT2D eigenvalue weighted by atomic mass is 9.95. The number of benzene rings is 1. The number of para-hydroxylation sites is 1. The lowest BCUT2D eigenvalue weighted by molar-refractivity contribution is -0.142. The lowest BCUT2D eigenvalue weighted by Gasteiger charge is -2.26. The van der Waals surface area contributed by atoms with Crippen molar-refractivity contribution in [3.8, 4) is 5.75 Å². The topological polar surface area (TPSA) is 75.6 Å². The second-order valence-electron chi connectivity index (χ2n) is 5.81. The second-order valence-corrected chi connectivity index (χ2v) is 5.81. The summed E-state index contributed by atoms with van der Waals surface area (Å²) >= 11 is 0. The summed E-state index contributed by atoms with van der Waals surface area (Å²) in [6.45, 7) is 0.354. The number of nitrogens with one attached hydrogen (secondary N) is 1. The average Bonchev–Trinajstić information content (AvgIpc) is 2.95. The van der Waals surface area contributed by atoms with Gasteiger partial charge in [-0.15, -0.1) is 0 Å². The minimum Gasteiger partial charge on any atom is -0.492 e. The van der Waals surface area contributed by atoms with Crippen molar-refractivity contribution in [1.29, 1.82) is 0 Å². The highest BCUT2D eigenvalue weighted by Crippen LogP contribution is 2.29. The number of rotatable bonds is 3. The third-order valence-electron chi connectivity index (χ3n) is 4.41. The number of ether oxygens (including phenoxy) is 1. The number of carbonyl (C=O) groups excluding carboxylic acids is 1. The fourth-order valence-electron chi connectivity index (χ4n) is 3.23. The predicted octanol–water partition coefficient (Wildman–Crippen LogP) is 1.61. The summed E-state index contributed by atoms with van der Waals surface area (Å²) in [5, 5.41) is 12.1. The van der Waals surface area contributed by atoms with Gasteiger partial charge in [-0.1, -0.05) is 24.6 Å². The number of carbonyl (C=O) groups is 2. The highest BCUT2D eigenvalue weighted by molar-refractivity contribution is 5.81. The molecular formula is C16H19NO4. The molecule has 5 heteroatoms. The van der Waals surface area contributed by atoms with E-state index >= 15 is 0 Å². The first-order chi connectivity index (χ1) is 10.1. The number of hydrogen-bond donors (Lipinski definition) is 2. The first kappa shape index (κ1) is 13.9. The van der Waals surface area contributed by atoms with Gasteiger partial charge >= 0.3 is 5.97 Å². The van der Waals surface area contributed by atoms with Crippen LogP contribution in [0.2, 0.25) is 0 Å². The molecule has 1 aliphatic carbocycles. The Morgan fingerprint density at radius 3 is 2.86 bits per heavy atom. The van der Waals surface area contributed by atoms with Crippen LogP contribution in [0.25, 0.3) is 0 Å². The maximum atomic E-state index is 12.3. The van der Waals surface area contributed by atoms with E-state index < -0.39 is 11.9 Å². The van der Waals surface area contributed by atoms with Gasteiger partial charge in [0.05, 0.1) is 11.8 Å². The van der Waals surface area contributed by atoms with E-state index in [1.54, 1.807) is 0 Å². The number of aliphatic carboxylic acids is 1. The van der Waals surface area contributed by atoms with Crippen LogP contribution in [0.3, 0.4) is 0 Å². The Kier molecular flexibility index (Phi) is 3.82. The molecule has 3 atom stereocenters. The second kappa shape index (κ2) is 5.76. The number of fused-ring (bicyclic) bond motifs is 1. The van der Waals surface area contributed by atoms with Gasteiger partial charge in [0, 0.05) is 6.04 Å². The molecule has 0 spiro atoms. The largest absolute Gasteiger partial charge is 0.492 e. The van der Waals surface area contributed by atoms with Crippen LogP contribution < -0.4 is 10.1 Å². The van der Waals surface area contributed by atoms with Crippen molar-refractivity contribution >= 4 is 11.9 Å². The van der Waals surface area contributed by atoms with E-state index in [0.29, 0.717) is 19.4 Å². The van der Waals surface area contributed by atoms with E-state index in [-0.39, 0.29) is 17.9 Å². The van der Waals surface area contributed by atoms with Crippen LogP contribution in [0.1, 0.15) is 24.8 Å². The third kappa shape index (κ3) is 2.86. The Morgan fingerprint density at radius 1 is 1.24 bits per heavy atom. The summed E-state index contributed by atoms with van der Waals surface area (Å²) in [6.07, 6.45) is 2.88. The fourth-order valence-corrected chi connectivity index (χ4v) is 3.23. The van der Waals surface area contributed by atoms with Gasteiger partial charge in [-0.2, -0.15) is 0 Å². The van der Waals surface area contributed by atoms with Gasteiger partial charge in [-0.3, -0.25) is 9.59 Å². The van der Waals surface area contributed by atoms with Crippen LogP contribution in [0, 0.1) is 11.8 Å². The van der Waals surface area contributed by atoms with E-state index in [1.165, 1.54) is 0 Å². The Balaban J connectivity index is 1.63. The van der Waals surface area contributed by atoms with E-state index in [1.807, 2.05) is 24.3 Å². The molecule has 0 saturated heterocycles. The maximum Gasteiger partial charge on any atom is 0.308 e. The molecule has 1 aliphatic heterocycles. The molecule has 3 unspecified atom stereocenters. The van der Waals surface area contributed by atoms with Crippen LogP contribution in [0.5, 0.6) is 5.75 Å². The molecule has 3 rings (SSSR count). The Hall–Kier alpha value is -2.04. The molecule has 5 nitrogen and oxygen atoms in total. The number of amides is 1. The van der Waals surface area contributed by atoms with Gasteiger partial charge < -0.3 is 15.2 Å². The summed E-state index contributed by atoms with van der Waals surface area (Å²) in [4.78, 5) is 23.5. The SMILES string of the molecule is O=C(NC1CCCC1C(=O)O)C1COc2ccccc2C1. The van der Waals surface area contributed by atoms with E-state index in [4.69, 9.17) is 9.84 Å². The molecule has 1 fully saturated rings. The molecule has 21 heavy (non-hydrogen) atoms. The summed E-state index contributed by atoms with van der Waals surface area (Å²) in [5.41, 5.74) is 1.03. The minimum atomic E-state index is -0.817. The first-order valence-electron chi connectivity index (χ1n) is 7.39. The first-order valence-corrected chi connectivity index (χ1v) is 7.39. The molecule has 2 N–H and O–H groups in total. The van der Waals surface area contributed by atoms with Gasteiger partial charge in [0.1, 0.15) is 12.4 Å². The Bertz CT molecular complexity index is 557. The lowest BCUT2D eigenvalue weighted by Crippen LogP contribution is -2.45. The van der Waals surface area contributed by atoms with E-state index in [2.05, 4.69) is 5.32 Å². The van der Waals surface area contributed by atoms with E-state index in [0.717, 1.165) is 24.2 Å². The molecule has 112 valence electrons. The van der Waals surface area contributed by atoms with Crippen LogP contribution in [-0.4, -0.2) is 29.6 Å². The summed E-state index contributed by atoms with van der Waals surface area (Å²) in [7, 11) is 0. The van der Waals surface area contributed by atoms with E-state index in [9.17, 15) is 9.59 Å². The molecule has 0 radical (unpaired) electrons. The van der Waals surface area contributed by atoms with Gasteiger partial charge in [0.2, 0.25) is 5.91 Å². The minimum absolute atomic E-state index is 0.0948. The summed E-state index contributed by atoms with van der Waals surface area (Å²) < 4.78 is 5.62. The van der Waals surface area contributed by atoms with Crippen molar-refractivity contribution in [2.45, 2.75) is 31.7 Å². The van der Waals surface area contributed by atoms with Crippen LogP contribution in [0.4, 0.5) is 0 Å². The summed E-state index contributed by atoms with van der Waals surface area (Å²) in [6, 6.07) is 7.47. The molecule has 1 saturated carbocycles. The van der Waals surface area contributed by atoms with Crippen LogP contribution in [0.15, 0.2) is 24.3 Å². The van der Waals surface area contributed by atoms with Crippen LogP contribution in [-0.2, 0) is 16.0 Å². The molecule has 1 aromatic rings. The van der Waals surface area contributed by atoms with Gasteiger partial charge in [-0.05, 0) is 30.9 Å². The maximum absolute atomic E-state index is 12.3. The standard InChI is InChI=1S/C16H19NO4/c18-15(17-13-6-3-5-12(13)16(19)20)11-8-10-4-1-2-7-14(10)21-9-11/h1-2,4,7,11-13H,3,5-6,8-9H2,(H,17,18)(H,19,20). The number of carboxylic acids is 1. The fraction of sp³-hybridized carbons (Fsp3) is 0.500. The zero-order valence-corrected chi connectivity index (χ0v) is 11.7. The summed E-state index contributed by atoms with van der Waals surface area (Å²) in [5.74, 6) is -0.766. The molecule has 2 aliphatic rings. The number of carboxylic acid groups (broad SMARTS) is 1. The molecule has 1 amide bonds. The van der Waals surface area contributed by atoms with Crippen molar-refractivity contribution in [2.24, 2.45) is 11.8 Å². The molecule has 1 heterocycles.